The molecule has 106 valence electrons. The molecule has 2 aliphatic rings. The van der Waals surface area contributed by atoms with Gasteiger partial charge in [-0.25, -0.2) is 4.79 Å². The Morgan fingerprint density at radius 1 is 1.50 bits per heavy atom. The first-order valence-electron chi connectivity index (χ1n) is 7.03. The number of nitro groups is 1. The highest BCUT2D eigenvalue weighted by Crippen LogP contribution is 2.64. The molecule has 0 heterocycles. The van der Waals surface area contributed by atoms with Crippen molar-refractivity contribution in [3.8, 4) is 0 Å². The summed E-state index contributed by atoms with van der Waals surface area (Å²) < 4.78 is 5.00. The molecule has 5 nitrogen and oxygen atoms in total. The van der Waals surface area contributed by atoms with Crippen molar-refractivity contribution < 1.29 is 14.5 Å². The Labute approximate surface area is 117 Å². The number of benzene rings is 1. The van der Waals surface area contributed by atoms with E-state index in [0.29, 0.717) is 6.42 Å². The van der Waals surface area contributed by atoms with Gasteiger partial charge in [-0.1, -0.05) is 24.3 Å². The van der Waals surface area contributed by atoms with Gasteiger partial charge in [0.2, 0.25) is 0 Å². The van der Waals surface area contributed by atoms with Gasteiger partial charge in [0, 0.05) is 4.92 Å². The molecule has 1 saturated carbocycles. The molecule has 0 spiro atoms. The molecule has 0 N–H and O–H groups in total. The third-order valence-corrected chi connectivity index (χ3v) is 4.59. The first kappa shape index (κ1) is 13.1. The molecule has 5 heteroatoms. The zero-order valence-corrected chi connectivity index (χ0v) is 11.4. The van der Waals surface area contributed by atoms with Gasteiger partial charge in [-0.3, -0.25) is 10.1 Å². The predicted molar refractivity (Wildman–Crippen MR) is 72.0 cm³/mol. The van der Waals surface area contributed by atoms with Crippen LogP contribution >= 0.6 is 0 Å². The molecule has 3 atom stereocenters. The van der Waals surface area contributed by atoms with Gasteiger partial charge in [-0.2, -0.15) is 0 Å². The lowest BCUT2D eigenvalue weighted by Crippen LogP contribution is -2.37. The van der Waals surface area contributed by atoms with Crippen molar-refractivity contribution in [3.05, 3.63) is 45.5 Å². The van der Waals surface area contributed by atoms with Crippen LogP contribution in [0.4, 0.5) is 0 Å². The van der Waals surface area contributed by atoms with E-state index in [4.69, 9.17) is 4.74 Å². The number of fused-ring (bicyclic) bond motifs is 3. The predicted octanol–water partition coefficient (Wildman–Crippen LogP) is 2.31. The molecule has 1 aromatic rings. The average Bonchev–Trinajstić information content (AvgIpc) is 3.11. The molecule has 0 aliphatic heterocycles. The van der Waals surface area contributed by atoms with Gasteiger partial charge in [0.25, 0.3) is 0 Å². The van der Waals surface area contributed by atoms with Crippen LogP contribution in [0.1, 0.15) is 36.8 Å². The molecule has 0 radical (unpaired) electrons. The summed E-state index contributed by atoms with van der Waals surface area (Å²) in [6.07, 6.45) is 2.52. The molecule has 3 rings (SSSR count). The number of hydrogen-bond acceptors (Lipinski definition) is 4. The SMILES string of the molecule is CCOC(=O)C1([N+](=O)[O-])C2CCCc3ccccc3C21. The average molecular weight is 275 g/mol. The van der Waals surface area contributed by atoms with Crippen molar-refractivity contribution in [1.29, 1.82) is 0 Å². The van der Waals surface area contributed by atoms with Crippen LogP contribution in [0.25, 0.3) is 0 Å². The summed E-state index contributed by atoms with van der Waals surface area (Å²) in [4.78, 5) is 23.4. The summed E-state index contributed by atoms with van der Waals surface area (Å²) in [6.45, 7) is 1.85. The van der Waals surface area contributed by atoms with E-state index in [1.54, 1.807) is 6.92 Å². The Bertz CT molecular complexity index is 571. The van der Waals surface area contributed by atoms with Crippen molar-refractivity contribution in [1.82, 2.24) is 0 Å². The van der Waals surface area contributed by atoms with E-state index in [0.717, 1.165) is 24.0 Å². The maximum Gasteiger partial charge on any atom is 0.385 e. The van der Waals surface area contributed by atoms with Crippen molar-refractivity contribution >= 4 is 5.97 Å². The van der Waals surface area contributed by atoms with Crippen LogP contribution < -0.4 is 0 Å². The fourth-order valence-electron chi connectivity index (χ4n) is 3.71. The van der Waals surface area contributed by atoms with Crippen LogP contribution in [-0.2, 0) is 16.0 Å². The first-order chi connectivity index (χ1) is 9.64. The highest BCUT2D eigenvalue weighted by Gasteiger charge is 2.82. The van der Waals surface area contributed by atoms with Crippen molar-refractivity contribution in [3.63, 3.8) is 0 Å². The van der Waals surface area contributed by atoms with Crippen LogP contribution in [0.3, 0.4) is 0 Å². The van der Waals surface area contributed by atoms with Gasteiger partial charge >= 0.3 is 11.5 Å². The van der Waals surface area contributed by atoms with E-state index >= 15 is 0 Å². The maximum atomic E-state index is 12.2. The van der Waals surface area contributed by atoms with E-state index < -0.39 is 16.4 Å². The minimum atomic E-state index is -1.55. The van der Waals surface area contributed by atoms with Gasteiger partial charge in [0.05, 0.1) is 18.4 Å². The molecule has 2 aliphatic carbocycles. The number of hydrogen-bond donors (Lipinski definition) is 0. The Morgan fingerprint density at radius 3 is 2.95 bits per heavy atom. The van der Waals surface area contributed by atoms with Crippen LogP contribution in [0.15, 0.2) is 24.3 Å². The van der Waals surface area contributed by atoms with E-state index in [2.05, 4.69) is 0 Å². The number of aryl methyl sites for hydroxylation is 1. The third-order valence-electron chi connectivity index (χ3n) is 4.59. The summed E-state index contributed by atoms with van der Waals surface area (Å²) >= 11 is 0. The van der Waals surface area contributed by atoms with Crippen molar-refractivity contribution in [2.45, 2.75) is 37.6 Å². The number of carbonyl (C=O) groups excluding carboxylic acids is 1. The number of ether oxygens (including phenoxy) is 1. The van der Waals surface area contributed by atoms with E-state index in [9.17, 15) is 14.9 Å². The largest absolute Gasteiger partial charge is 0.461 e. The Morgan fingerprint density at radius 2 is 2.25 bits per heavy atom. The maximum absolute atomic E-state index is 12.2. The summed E-state index contributed by atoms with van der Waals surface area (Å²) in [5.74, 6) is -1.22. The normalized spacial score (nSPS) is 30.6. The topological polar surface area (TPSA) is 69.4 Å². The highest BCUT2D eigenvalue weighted by atomic mass is 16.6. The van der Waals surface area contributed by atoms with Gasteiger partial charge in [-0.15, -0.1) is 0 Å². The number of nitrogens with zero attached hydrogens (tertiary/aromatic N) is 1. The Kier molecular flexibility index (Phi) is 3.00. The lowest BCUT2D eigenvalue weighted by atomic mass is 9.97. The fourth-order valence-corrected chi connectivity index (χ4v) is 3.71. The molecule has 0 amide bonds. The molecule has 3 unspecified atom stereocenters. The second-order valence-corrected chi connectivity index (χ2v) is 5.48. The first-order valence-corrected chi connectivity index (χ1v) is 7.03. The molecular formula is C15H17NO4. The van der Waals surface area contributed by atoms with Gasteiger partial charge in [0.15, 0.2) is 0 Å². The molecule has 0 bridgehead atoms. The summed E-state index contributed by atoms with van der Waals surface area (Å²) in [6, 6.07) is 7.75. The van der Waals surface area contributed by atoms with Gasteiger partial charge in [-0.05, 0) is 37.3 Å². The summed E-state index contributed by atoms with van der Waals surface area (Å²) in [7, 11) is 0. The zero-order chi connectivity index (χ0) is 14.3. The number of carbonyl (C=O) groups is 1. The smallest absolute Gasteiger partial charge is 0.385 e. The molecule has 0 saturated heterocycles. The lowest BCUT2D eigenvalue weighted by Gasteiger charge is -2.12. The van der Waals surface area contributed by atoms with Crippen molar-refractivity contribution in [2.75, 3.05) is 6.61 Å². The summed E-state index contributed by atoms with van der Waals surface area (Å²) in [5, 5.41) is 11.6. The van der Waals surface area contributed by atoms with E-state index in [1.165, 1.54) is 0 Å². The molecule has 1 fully saturated rings. The number of rotatable bonds is 3. The fraction of sp³-hybridized carbons (Fsp3) is 0.533. The van der Waals surface area contributed by atoms with E-state index in [-0.39, 0.29) is 18.4 Å². The monoisotopic (exact) mass is 275 g/mol. The minimum absolute atomic E-state index is 0.176. The molecular weight excluding hydrogens is 258 g/mol. The van der Waals surface area contributed by atoms with Crippen LogP contribution in [-0.4, -0.2) is 23.0 Å². The van der Waals surface area contributed by atoms with Crippen LogP contribution in [0.5, 0.6) is 0 Å². The minimum Gasteiger partial charge on any atom is -0.461 e. The van der Waals surface area contributed by atoms with Gasteiger partial charge in [0.1, 0.15) is 0 Å². The van der Waals surface area contributed by atoms with Gasteiger partial charge < -0.3 is 4.74 Å². The van der Waals surface area contributed by atoms with Crippen LogP contribution in [0, 0.1) is 16.0 Å². The molecule has 20 heavy (non-hydrogen) atoms. The second kappa shape index (κ2) is 4.58. The molecule has 1 aromatic carbocycles. The number of esters is 1. The van der Waals surface area contributed by atoms with Crippen LogP contribution in [0.2, 0.25) is 0 Å². The molecule has 0 aromatic heterocycles. The standard InChI is InChI=1S/C15H17NO4/c1-2-20-14(17)15(16(18)19)12-9-5-7-10-6-3-4-8-11(10)13(12)15/h3-4,6,8,12-13H,2,5,7,9H2,1H3. The van der Waals surface area contributed by atoms with E-state index in [1.807, 2.05) is 24.3 Å². The van der Waals surface area contributed by atoms with Crippen molar-refractivity contribution in [2.24, 2.45) is 5.92 Å². The second-order valence-electron chi connectivity index (χ2n) is 5.48. The quantitative estimate of drug-likeness (QED) is 0.482. The Hall–Kier alpha value is -1.91. The zero-order valence-electron chi connectivity index (χ0n) is 11.4. The third kappa shape index (κ3) is 1.58. The Balaban J connectivity index is 2.06. The lowest BCUT2D eigenvalue weighted by molar-refractivity contribution is -0.530. The highest BCUT2D eigenvalue weighted by molar-refractivity contribution is 5.86. The summed E-state index contributed by atoms with van der Waals surface area (Å²) in [5.41, 5.74) is 0.541.